The Hall–Kier alpha value is -0.590. The summed E-state index contributed by atoms with van der Waals surface area (Å²) in [6, 6.07) is 2.39. The molecule has 0 saturated carbocycles. The molecule has 0 aromatic heterocycles. The van der Waals surface area contributed by atoms with Crippen molar-refractivity contribution in [2.45, 2.75) is 45.6 Å². The van der Waals surface area contributed by atoms with Crippen LogP contribution in [0.5, 0.6) is 0 Å². The van der Waals surface area contributed by atoms with E-state index < -0.39 is 0 Å². The molecule has 0 aliphatic carbocycles. The fourth-order valence-corrected chi connectivity index (χ4v) is 2.29. The quantitative estimate of drug-likeness (QED) is 0.717. The van der Waals surface area contributed by atoms with Gasteiger partial charge in [0.05, 0.1) is 12.1 Å². The number of nitrogens with one attached hydrogen (secondary N) is 1. The molecule has 1 N–H and O–H groups in total. The summed E-state index contributed by atoms with van der Waals surface area (Å²) in [4.78, 5) is 2.51. The fourth-order valence-electron chi connectivity index (χ4n) is 2.29. The van der Waals surface area contributed by atoms with E-state index in [4.69, 9.17) is 5.26 Å². The molecule has 1 aliphatic rings. The van der Waals surface area contributed by atoms with Crippen LogP contribution in [0.1, 0.15) is 39.5 Å². The van der Waals surface area contributed by atoms with Crippen molar-refractivity contribution in [2.24, 2.45) is 5.92 Å². The third-order valence-electron chi connectivity index (χ3n) is 3.48. The molecule has 1 fully saturated rings. The minimum Gasteiger partial charge on any atom is -0.303 e. The maximum atomic E-state index is 8.99. The zero-order chi connectivity index (χ0) is 11.8. The van der Waals surface area contributed by atoms with Gasteiger partial charge in [0.2, 0.25) is 0 Å². The molecule has 2 unspecified atom stereocenters. The highest BCUT2D eigenvalue weighted by molar-refractivity contribution is 4.90. The largest absolute Gasteiger partial charge is 0.303 e. The molecule has 1 aliphatic heterocycles. The van der Waals surface area contributed by atoms with Gasteiger partial charge < -0.3 is 10.2 Å². The first kappa shape index (κ1) is 13.5. The summed E-state index contributed by atoms with van der Waals surface area (Å²) in [5, 5.41) is 12.3. The Balaban J connectivity index is 2.16. The van der Waals surface area contributed by atoms with Crippen LogP contribution < -0.4 is 5.32 Å². The van der Waals surface area contributed by atoms with Crippen LogP contribution in [-0.2, 0) is 0 Å². The van der Waals surface area contributed by atoms with Gasteiger partial charge in [0.25, 0.3) is 0 Å². The summed E-state index contributed by atoms with van der Waals surface area (Å²) in [6.45, 7) is 8.90. The number of hydrogen-bond acceptors (Lipinski definition) is 3. The summed E-state index contributed by atoms with van der Waals surface area (Å²) < 4.78 is 0. The first-order valence-electron chi connectivity index (χ1n) is 6.65. The molecular formula is C13H25N3. The SMILES string of the molecule is CCCNC(C#N)CCN1CCC(CC)C1. The van der Waals surface area contributed by atoms with Gasteiger partial charge >= 0.3 is 0 Å². The van der Waals surface area contributed by atoms with Crippen LogP contribution in [0.3, 0.4) is 0 Å². The van der Waals surface area contributed by atoms with E-state index in [0.717, 1.165) is 31.8 Å². The minimum absolute atomic E-state index is 0.0422. The van der Waals surface area contributed by atoms with Gasteiger partial charge in [-0.15, -0.1) is 0 Å². The van der Waals surface area contributed by atoms with E-state index in [1.165, 1.54) is 25.9 Å². The van der Waals surface area contributed by atoms with E-state index in [2.05, 4.69) is 30.1 Å². The third-order valence-corrected chi connectivity index (χ3v) is 3.48. The second-order valence-electron chi connectivity index (χ2n) is 4.79. The molecule has 0 radical (unpaired) electrons. The van der Waals surface area contributed by atoms with Gasteiger partial charge in [-0.25, -0.2) is 0 Å². The van der Waals surface area contributed by atoms with Crippen molar-refractivity contribution < 1.29 is 0 Å². The Bertz CT molecular complexity index is 222. The molecule has 1 rings (SSSR count). The van der Waals surface area contributed by atoms with Crippen LogP contribution in [0, 0.1) is 17.2 Å². The minimum atomic E-state index is 0.0422. The van der Waals surface area contributed by atoms with E-state index in [0.29, 0.717) is 0 Å². The lowest BCUT2D eigenvalue weighted by Gasteiger charge is -2.18. The number of hydrogen-bond donors (Lipinski definition) is 1. The van der Waals surface area contributed by atoms with Crippen LogP contribution in [0.4, 0.5) is 0 Å². The number of nitrogens with zero attached hydrogens (tertiary/aromatic N) is 2. The van der Waals surface area contributed by atoms with E-state index in [1.54, 1.807) is 0 Å². The van der Waals surface area contributed by atoms with Crippen LogP contribution in [0.15, 0.2) is 0 Å². The van der Waals surface area contributed by atoms with Crippen molar-refractivity contribution >= 4 is 0 Å². The number of likely N-dealkylation sites (tertiary alicyclic amines) is 1. The zero-order valence-electron chi connectivity index (χ0n) is 10.7. The molecule has 0 aromatic rings. The lowest BCUT2D eigenvalue weighted by Crippen LogP contribution is -2.33. The molecule has 16 heavy (non-hydrogen) atoms. The van der Waals surface area contributed by atoms with Gasteiger partial charge in [-0.3, -0.25) is 0 Å². The lowest BCUT2D eigenvalue weighted by molar-refractivity contribution is 0.307. The molecule has 0 spiro atoms. The van der Waals surface area contributed by atoms with Crippen LogP contribution in [-0.4, -0.2) is 37.1 Å². The molecule has 2 atom stereocenters. The van der Waals surface area contributed by atoms with Crippen molar-refractivity contribution in [1.82, 2.24) is 10.2 Å². The molecule has 3 nitrogen and oxygen atoms in total. The van der Waals surface area contributed by atoms with E-state index in [1.807, 2.05) is 0 Å². The average molecular weight is 223 g/mol. The maximum absolute atomic E-state index is 8.99. The first-order valence-corrected chi connectivity index (χ1v) is 6.65. The smallest absolute Gasteiger partial charge is 0.0965 e. The summed E-state index contributed by atoms with van der Waals surface area (Å²) >= 11 is 0. The molecule has 1 heterocycles. The Labute approximate surface area is 99.8 Å². The lowest BCUT2D eigenvalue weighted by atomic mass is 10.1. The van der Waals surface area contributed by atoms with Gasteiger partial charge in [0.15, 0.2) is 0 Å². The molecular weight excluding hydrogens is 198 g/mol. The van der Waals surface area contributed by atoms with E-state index in [-0.39, 0.29) is 6.04 Å². The topological polar surface area (TPSA) is 39.1 Å². The highest BCUT2D eigenvalue weighted by atomic mass is 15.1. The fraction of sp³-hybridized carbons (Fsp3) is 0.923. The van der Waals surface area contributed by atoms with Crippen LogP contribution >= 0.6 is 0 Å². The van der Waals surface area contributed by atoms with E-state index in [9.17, 15) is 0 Å². The monoisotopic (exact) mass is 223 g/mol. The van der Waals surface area contributed by atoms with E-state index >= 15 is 0 Å². The highest BCUT2D eigenvalue weighted by Gasteiger charge is 2.21. The summed E-state index contributed by atoms with van der Waals surface area (Å²) in [5.41, 5.74) is 0. The van der Waals surface area contributed by atoms with Gasteiger partial charge in [0.1, 0.15) is 0 Å². The normalized spacial score (nSPS) is 23.2. The Morgan fingerprint density at radius 2 is 2.31 bits per heavy atom. The first-order chi connectivity index (χ1) is 7.80. The standard InChI is InChI=1S/C13H25N3/c1-3-7-15-13(10-14)6-9-16-8-5-12(4-2)11-16/h12-13,15H,3-9,11H2,1-2H3. The Kier molecular flexibility index (Phi) is 6.44. The molecule has 92 valence electrons. The van der Waals surface area contributed by atoms with Crippen molar-refractivity contribution in [3.8, 4) is 6.07 Å². The summed E-state index contributed by atoms with van der Waals surface area (Å²) in [7, 11) is 0. The predicted molar refractivity (Wildman–Crippen MR) is 67.1 cm³/mol. The number of rotatable bonds is 7. The maximum Gasteiger partial charge on any atom is 0.0965 e. The van der Waals surface area contributed by atoms with Gasteiger partial charge in [0, 0.05) is 13.1 Å². The van der Waals surface area contributed by atoms with Gasteiger partial charge in [-0.05, 0) is 38.3 Å². The Morgan fingerprint density at radius 3 is 2.88 bits per heavy atom. The third kappa shape index (κ3) is 4.51. The molecule has 3 heteroatoms. The van der Waals surface area contributed by atoms with Crippen LogP contribution in [0.25, 0.3) is 0 Å². The molecule has 0 bridgehead atoms. The Morgan fingerprint density at radius 1 is 1.50 bits per heavy atom. The summed E-state index contributed by atoms with van der Waals surface area (Å²) in [6.07, 6.45) is 4.70. The second-order valence-corrected chi connectivity index (χ2v) is 4.79. The van der Waals surface area contributed by atoms with Crippen LogP contribution in [0.2, 0.25) is 0 Å². The highest BCUT2D eigenvalue weighted by Crippen LogP contribution is 2.19. The average Bonchev–Trinajstić information content (AvgIpc) is 2.77. The van der Waals surface area contributed by atoms with Crippen molar-refractivity contribution in [1.29, 1.82) is 5.26 Å². The van der Waals surface area contributed by atoms with Crippen molar-refractivity contribution in [3.05, 3.63) is 0 Å². The molecule has 1 saturated heterocycles. The van der Waals surface area contributed by atoms with Crippen molar-refractivity contribution in [3.63, 3.8) is 0 Å². The van der Waals surface area contributed by atoms with Gasteiger partial charge in [-0.1, -0.05) is 20.3 Å². The number of nitriles is 1. The molecule has 0 amide bonds. The van der Waals surface area contributed by atoms with Gasteiger partial charge in [-0.2, -0.15) is 5.26 Å². The summed E-state index contributed by atoms with van der Waals surface area (Å²) in [5.74, 6) is 0.893. The second kappa shape index (κ2) is 7.65. The zero-order valence-corrected chi connectivity index (χ0v) is 10.7. The van der Waals surface area contributed by atoms with Crippen molar-refractivity contribution in [2.75, 3.05) is 26.2 Å². The predicted octanol–water partition coefficient (Wildman–Crippen LogP) is 2.00. The molecule has 0 aromatic carbocycles.